The van der Waals surface area contributed by atoms with Crippen molar-refractivity contribution in [1.29, 1.82) is 0 Å². The van der Waals surface area contributed by atoms with E-state index in [0.717, 1.165) is 5.56 Å². The predicted molar refractivity (Wildman–Crippen MR) is 82.0 cm³/mol. The van der Waals surface area contributed by atoms with Gasteiger partial charge >= 0.3 is 0 Å². The number of hydrogen-bond acceptors (Lipinski definition) is 2. The molecule has 0 spiro atoms. The number of amides is 1. The molecular formula is C18H18FNO2. The molecule has 0 radical (unpaired) electrons. The van der Waals surface area contributed by atoms with Crippen LogP contribution in [0.25, 0.3) is 0 Å². The summed E-state index contributed by atoms with van der Waals surface area (Å²) in [6.45, 7) is 0.450. The first-order valence-electron chi connectivity index (χ1n) is 7.44. The van der Waals surface area contributed by atoms with Gasteiger partial charge in [-0.15, -0.1) is 0 Å². The van der Waals surface area contributed by atoms with E-state index in [1.165, 1.54) is 12.1 Å². The van der Waals surface area contributed by atoms with Crippen LogP contribution in [0.2, 0.25) is 0 Å². The average molecular weight is 299 g/mol. The number of carbonyl (C=O) groups is 1. The van der Waals surface area contributed by atoms with Gasteiger partial charge in [0.05, 0.1) is 17.7 Å². The third-order valence-corrected chi connectivity index (χ3v) is 4.16. The molecule has 0 saturated carbocycles. The summed E-state index contributed by atoms with van der Waals surface area (Å²) in [7, 11) is 0. The van der Waals surface area contributed by atoms with Crippen LogP contribution in [0.5, 0.6) is 0 Å². The minimum Gasteiger partial charge on any atom is -0.391 e. The van der Waals surface area contributed by atoms with E-state index in [4.69, 9.17) is 0 Å². The maximum Gasteiger partial charge on any atom is 0.257 e. The molecule has 0 aromatic heterocycles. The van der Waals surface area contributed by atoms with Gasteiger partial charge in [0.15, 0.2) is 0 Å². The normalized spacial score (nSPS) is 21.1. The van der Waals surface area contributed by atoms with Crippen LogP contribution in [0.3, 0.4) is 0 Å². The van der Waals surface area contributed by atoms with Crippen LogP contribution in [0.15, 0.2) is 54.6 Å². The molecule has 1 aliphatic heterocycles. The summed E-state index contributed by atoms with van der Waals surface area (Å²) in [5.41, 5.74) is 1.12. The number of halogens is 1. The van der Waals surface area contributed by atoms with Crippen LogP contribution in [0, 0.1) is 5.82 Å². The summed E-state index contributed by atoms with van der Waals surface area (Å²) in [5.74, 6) is -0.872. The van der Waals surface area contributed by atoms with Gasteiger partial charge in [-0.25, -0.2) is 4.39 Å². The van der Waals surface area contributed by atoms with Gasteiger partial charge in [-0.1, -0.05) is 42.5 Å². The first-order valence-corrected chi connectivity index (χ1v) is 7.44. The molecule has 0 unspecified atom stereocenters. The van der Waals surface area contributed by atoms with E-state index in [1.54, 1.807) is 17.0 Å². The lowest BCUT2D eigenvalue weighted by molar-refractivity contribution is 0.0635. The highest BCUT2D eigenvalue weighted by atomic mass is 19.1. The van der Waals surface area contributed by atoms with E-state index in [9.17, 15) is 14.3 Å². The van der Waals surface area contributed by atoms with Gasteiger partial charge in [-0.05, 0) is 30.5 Å². The van der Waals surface area contributed by atoms with Crippen LogP contribution in [-0.4, -0.2) is 34.6 Å². The summed E-state index contributed by atoms with van der Waals surface area (Å²) in [5, 5.41) is 10.2. The lowest BCUT2D eigenvalue weighted by Crippen LogP contribution is -2.41. The third kappa shape index (κ3) is 2.88. The van der Waals surface area contributed by atoms with Gasteiger partial charge in [-0.2, -0.15) is 0 Å². The Kier molecular flexibility index (Phi) is 4.20. The Balaban J connectivity index is 1.83. The number of carbonyl (C=O) groups excluding carboxylic acids is 1. The Bertz CT molecular complexity index is 659. The molecule has 0 bridgehead atoms. The van der Waals surface area contributed by atoms with E-state index < -0.39 is 11.9 Å². The number of rotatable bonds is 3. The molecule has 1 amide bonds. The van der Waals surface area contributed by atoms with Crippen LogP contribution >= 0.6 is 0 Å². The van der Waals surface area contributed by atoms with Crippen molar-refractivity contribution in [1.82, 2.24) is 4.90 Å². The molecule has 1 heterocycles. The second-order valence-electron chi connectivity index (χ2n) is 5.59. The zero-order chi connectivity index (χ0) is 15.5. The Hall–Kier alpha value is -2.20. The van der Waals surface area contributed by atoms with Gasteiger partial charge in [0, 0.05) is 6.54 Å². The fraction of sp³-hybridized carbons (Fsp3) is 0.278. The molecule has 1 saturated heterocycles. The van der Waals surface area contributed by atoms with Crippen LogP contribution in [0.1, 0.15) is 22.3 Å². The smallest absolute Gasteiger partial charge is 0.257 e. The van der Waals surface area contributed by atoms with Gasteiger partial charge in [0.1, 0.15) is 5.82 Å². The van der Waals surface area contributed by atoms with E-state index in [-0.39, 0.29) is 17.5 Å². The Morgan fingerprint density at radius 3 is 2.55 bits per heavy atom. The highest BCUT2D eigenvalue weighted by molar-refractivity contribution is 5.95. The van der Waals surface area contributed by atoms with Crippen molar-refractivity contribution in [2.45, 2.75) is 25.0 Å². The minimum atomic E-state index is -0.573. The summed E-state index contributed by atoms with van der Waals surface area (Å²) in [4.78, 5) is 14.2. The molecule has 2 atom stereocenters. The number of hydrogen-bond donors (Lipinski definition) is 1. The maximum atomic E-state index is 13.8. The standard InChI is InChI=1S/C18H18FNO2/c19-15-9-5-4-8-14(15)18(22)20-11-10-17(21)16(20)12-13-6-2-1-3-7-13/h1-9,16-17,21H,10-12H2/t16-,17-/m0/s1. The minimum absolute atomic E-state index is 0.0645. The number of likely N-dealkylation sites (tertiary alicyclic amines) is 1. The molecule has 1 aliphatic rings. The second-order valence-corrected chi connectivity index (χ2v) is 5.59. The second kappa shape index (κ2) is 6.28. The average Bonchev–Trinajstić information content (AvgIpc) is 2.89. The lowest BCUT2D eigenvalue weighted by Gasteiger charge is -2.26. The Morgan fingerprint density at radius 1 is 1.14 bits per heavy atom. The molecule has 0 aliphatic carbocycles. The van der Waals surface area contributed by atoms with Crippen molar-refractivity contribution in [2.75, 3.05) is 6.54 Å². The van der Waals surface area contributed by atoms with Crippen molar-refractivity contribution >= 4 is 5.91 Å². The quantitative estimate of drug-likeness (QED) is 0.946. The fourth-order valence-electron chi connectivity index (χ4n) is 2.98. The Labute approximate surface area is 129 Å². The molecule has 2 aromatic rings. The van der Waals surface area contributed by atoms with Crippen LogP contribution in [0.4, 0.5) is 4.39 Å². The molecule has 3 nitrogen and oxygen atoms in total. The van der Waals surface area contributed by atoms with E-state index in [0.29, 0.717) is 19.4 Å². The number of aliphatic hydroxyl groups is 1. The van der Waals surface area contributed by atoms with E-state index in [2.05, 4.69) is 0 Å². The van der Waals surface area contributed by atoms with E-state index >= 15 is 0 Å². The van der Waals surface area contributed by atoms with Gasteiger partial charge in [0.2, 0.25) is 0 Å². The summed E-state index contributed by atoms with van der Waals surface area (Å²) >= 11 is 0. The van der Waals surface area contributed by atoms with Crippen LogP contribution < -0.4 is 0 Å². The first kappa shape index (κ1) is 14.7. The highest BCUT2D eigenvalue weighted by Crippen LogP contribution is 2.24. The van der Waals surface area contributed by atoms with Gasteiger partial charge < -0.3 is 10.0 Å². The maximum absolute atomic E-state index is 13.8. The number of nitrogens with zero attached hydrogens (tertiary/aromatic N) is 1. The highest BCUT2D eigenvalue weighted by Gasteiger charge is 2.36. The monoisotopic (exact) mass is 299 g/mol. The molecule has 3 rings (SSSR count). The largest absolute Gasteiger partial charge is 0.391 e. The zero-order valence-corrected chi connectivity index (χ0v) is 12.2. The Morgan fingerprint density at radius 2 is 1.82 bits per heavy atom. The molecule has 114 valence electrons. The molecule has 1 N–H and O–H groups in total. The first-order chi connectivity index (χ1) is 10.7. The number of aliphatic hydroxyl groups excluding tert-OH is 1. The van der Waals surface area contributed by atoms with E-state index in [1.807, 2.05) is 30.3 Å². The van der Waals surface area contributed by atoms with Crippen molar-refractivity contribution in [2.24, 2.45) is 0 Å². The predicted octanol–water partition coefficient (Wildman–Crippen LogP) is 2.64. The van der Waals surface area contributed by atoms with Gasteiger partial charge in [0.25, 0.3) is 5.91 Å². The third-order valence-electron chi connectivity index (χ3n) is 4.16. The molecule has 22 heavy (non-hydrogen) atoms. The molecule has 2 aromatic carbocycles. The molecular weight excluding hydrogens is 281 g/mol. The van der Waals surface area contributed by atoms with Crippen molar-refractivity contribution in [3.8, 4) is 0 Å². The van der Waals surface area contributed by atoms with Crippen molar-refractivity contribution in [3.63, 3.8) is 0 Å². The lowest BCUT2D eigenvalue weighted by atomic mass is 10.0. The summed E-state index contributed by atoms with van der Waals surface area (Å²) < 4.78 is 13.8. The zero-order valence-electron chi connectivity index (χ0n) is 12.2. The van der Waals surface area contributed by atoms with Gasteiger partial charge in [-0.3, -0.25) is 4.79 Å². The van der Waals surface area contributed by atoms with Crippen LogP contribution in [-0.2, 0) is 6.42 Å². The SMILES string of the molecule is O=C(c1ccccc1F)N1CC[C@H](O)[C@@H]1Cc1ccccc1. The number of benzene rings is 2. The summed E-state index contributed by atoms with van der Waals surface area (Å²) in [6.07, 6.45) is 0.524. The van der Waals surface area contributed by atoms with Crippen molar-refractivity contribution in [3.05, 3.63) is 71.5 Å². The molecule has 4 heteroatoms. The fourth-order valence-corrected chi connectivity index (χ4v) is 2.98. The topological polar surface area (TPSA) is 40.5 Å². The molecule has 1 fully saturated rings. The van der Waals surface area contributed by atoms with Crippen molar-refractivity contribution < 1.29 is 14.3 Å². The summed E-state index contributed by atoms with van der Waals surface area (Å²) in [6, 6.07) is 15.4.